The first kappa shape index (κ1) is 23.4. The zero-order chi connectivity index (χ0) is 24.7. The lowest BCUT2D eigenvalue weighted by Gasteiger charge is -2.31. The molecule has 2 N–H and O–H groups in total. The van der Waals surface area contributed by atoms with Crippen LogP contribution in [0.4, 0.5) is 11.4 Å². The number of nitrogens with one attached hydrogen (secondary N) is 2. The molecule has 1 aromatic carbocycles. The van der Waals surface area contributed by atoms with Crippen LogP contribution in [0.3, 0.4) is 0 Å². The minimum absolute atomic E-state index is 0.0492. The summed E-state index contributed by atoms with van der Waals surface area (Å²) in [6.07, 6.45) is 3.22. The van der Waals surface area contributed by atoms with E-state index in [0.717, 1.165) is 60.6 Å². The first-order chi connectivity index (χ1) is 16.8. The molecule has 3 aliphatic heterocycles. The van der Waals surface area contributed by atoms with Crippen LogP contribution in [0.5, 0.6) is 0 Å². The van der Waals surface area contributed by atoms with Crippen molar-refractivity contribution in [2.75, 3.05) is 36.4 Å². The number of carbonyl (C=O) groups is 4. The van der Waals surface area contributed by atoms with Gasteiger partial charge in [0.05, 0.1) is 17.3 Å². The highest BCUT2D eigenvalue weighted by Crippen LogP contribution is 2.44. The van der Waals surface area contributed by atoms with Gasteiger partial charge in [-0.05, 0) is 80.2 Å². The van der Waals surface area contributed by atoms with Crippen LogP contribution < -0.4 is 15.5 Å². The van der Waals surface area contributed by atoms with Gasteiger partial charge in [0, 0.05) is 31.9 Å². The molecule has 4 heterocycles. The maximum absolute atomic E-state index is 12.6. The number of aryl methyl sites for hydroxylation is 2. The molecule has 1 aromatic heterocycles. The first-order valence-electron chi connectivity index (χ1n) is 12.0. The second-order valence-electron chi connectivity index (χ2n) is 9.48. The van der Waals surface area contributed by atoms with E-state index in [2.05, 4.69) is 20.2 Å². The summed E-state index contributed by atoms with van der Waals surface area (Å²) in [5.74, 6) is -1.42. The van der Waals surface area contributed by atoms with Gasteiger partial charge < -0.3 is 20.4 Å². The van der Waals surface area contributed by atoms with E-state index in [-0.39, 0.29) is 23.7 Å². The Labute approximate surface area is 207 Å². The van der Waals surface area contributed by atoms with Crippen LogP contribution in [-0.2, 0) is 20.8 Å². The molecule has 11 heteroatoms. The van der Waals surface area contributed by atoms with E-state index in [4.69, 9.17) is 0 Å². The van der Waals surface area contributed by atoms with Crippen LogP contribution in [0.2, 0.25) is 0 Å². The molecule has 1 fully saturated rings. The van der Waals surface area contributed by atoms with E-state index in [1.165, 1.54) is 0 Å². The molecule has 0 spiro atoms. The van der Waals surface area contributed by atoms with Crippen LogP contribution in [0.1, 0.15) is 58.6 Å². The van der Waals surface area contributed by atoms with Crippen molar-refractivity contribution in [2.24, 2.45) is 5.92 Å². The maximum Gasteiger partial charge on any atom is 0.313 e. The molecule has 10 nitrogen and oxygen atoms in total. The smallest absolute Gasteiger partial charge is 0.313 e. The van der Waals surface area contributed by atoms with Gasteiger partial charge in [-0.1, -0.05) is 4.49 Å². The standard InChI is InChI=1S/C24H28N6O4S/c1-13-18-11-17(10-16-4-3-7-30(19(16)18)23(13)33)26-22(32)21(31)25-12-15-5-8-29(9-6-15)24(34)20-14(2)27-28-35-20/h10-11,13,15H,3-9,12H2,1-2H3,(H,25,31)(H,26,32). The van der Waals surface area contributed by atoms with Gasteiger partial charge in [-0.3, -0.25) is 19.2 Å². The quantitative estimate of drug-likeness (QED) is 0.623. The van der Waals surface area contributed by atoms with Crippen LogP contribution in [-0.4, -0.2) is 64.3 Å². The number of carbonyl (C=O) groups excluding carboxylic acids is 4. The van der Waals surface area contributed by atoms with Crippen LogP contribution in [0.25, 0.3) is 0 Å². The van der Waals surface area contributed by atoms with Gasteiger partial charge in [0.25, 0.3) is 5.91 Å². The Morgan fingerprint density at radius 2 is 1.91 bits per heavy atom. The molecule has 1 saturated heterocycles. The Bertz CT molecular complexity index is 1200. The lowest BCUT2D eigenvalue weighted by molar-refractivity contribution is -0.136. The second-order valence-corrected chi connectivity index (χ2v) is 10.2. The fourth-order valence-electron chi connectivity index (χ4n) is 5.18. The third kappa shape index (κ3) is 4.40. The minimum atomic E-state index is -0.720. The predicted molar refractivity (Wildman–Crippen MR) is 130 cm³/mol. The Balaban J connectivity index is 1.13. The molecule has 35 heavy (non-hydrogen) atoms. The number of hydrogen-bond donors (Lipinski definition) is 2. The summed E-state index contributed by atoms with van der Waals surface area (Å²) in [5.41, 5.74) is 4.11. The van der Waals surface area contributed by atoms with E-state index >= 15 is 0 Å². The molecule has 0 bridgehead atoms. The van der Waals surface area contributed by atoms with Crippen molar-refractivity contribution in [2.45, 2.75) is 45.4 Å². The van der Waals surface area contributed by atoms with E-state index in [0.29, 0.717) is 35.9 Å². The molecule has 1 atom stereocenters. The molecule has 0 radical (unpaired) electrons. The highest BCUT2D eigenvalue weighted by atomic mass is 32.1. The molecule has 3 aliphatic rings. The monoisotopic (exact) mass is 496 g/mol. The fourth-order valence-corrected chi connectivity index (χ4v) is 5.81. The second kappa shape index (κ2) is 9.37. The third-order valence-corrected chi connectivity index (χ3v) is 8.00. The number of anilines is 2. The number of benzene rings is 1. The number of nitrogens with zero attached hydrogens (tertiary/aromatic N) is 4. The van der Waals surface area contributed by atoms with Gasteiger partial charge in [-0.15, -0.1) is 5.10 Å². The van der Waals surface area contributed by atoms with Crippen molar-refractivity contribution in [1.29, 1.82) is 0 Å². The normalized spacial score (nSPS) is 19.5. The van der Waals surface area contributed by atoms with E-state index < -0.39 is 11.8 Å². The minimum Gasteiger partial charge on any atom is -0.348 e. The van der Waals surface area contributed by atoms with Gasteiger partial charge in [0.1, 0.15) is 4.88 Å². The lowest BCUT2D eigenvalue weighted by atomic mass is 9.96. The van der Waals surface area contributed by atoms with E-state index in [9.17, 15) is 19.2 Å². The zero-order valence-electron chi connectivity index (χ0n) is 19.8. The van der Waals surface area contributed by atoms with Gasteiger partial charge in [-0.25, -0.2) is 0 Å². The van der Waals surface area contributed by atoms with Crippen molar-refractivity contribution in [3.63, 3.8) is 0 Å². The molecule has 1 unspecified atom stereocenters. The highest BCUT2D eigenvalue weighted by Gasteiger charge is 2.38. The maximum atomic E-state index is 12.6. The average molecular weight is 497 g/mol. The molecule has 184 valence electrons. The summed E-state index contributed by atoms with van der Waals surface area (Å²) < 4.78 is 3.83. The number of amides is 4. The Hall–Kier alpha value is -3.34. The van der Waals surface area contributed by atoms with Gasteiger partial charge in [-0.2, -0.15) is 0 Å². The summed E-state index contributed by atoms with van der Waals surface area (Å²) in [4.78, 5) is 54.4. The third-order valence-electron chi connectivity index (χ3n) is 7.18. The molecular formula is C24H28N6O4S. The van der Waals surface area contributed by atoms with E-state index in [1.54, 1.807) is 11.8 Å². The number of likely N-dealkylation sites (tertiary alicyclic amines) is 1. The Morgan fingerprint density at radius 1 is 1.14 bits per heavy atom. The molecule has 4 amide bonds. The number of hydrogen-bond acceptors (Lipinski definition) is 7. The molecule has 5 rings (SSSR count). The van der Waals surface area contributed by atoms with E-state index in [1.807, 2.05) is 24.0 Å². The average Bonchev–Trinajstić information content (AvgIpc) is 3.40. The predicted octanol–water partition coefficient (Wildman–Crippen LogP) is 1.85. The summed E-state index contributed by atoms with van der Waals surface area (Å²) in [5, 5.41) is 9.34. The Morgan fingerprint density at radius 3 is 2.63 bits per heavy atom. The van der Waals surface area contributed by atoms with Crippen LogP contribution in [0.15, 0.2) is 12.1 Å². The fraction of sp³-hybridized carbons (Fsp3) is 0.500. The summed E-state index contributed by atoms with van der Waals surface area (Å²) in [7, 11) is 0. The summed E-state index contributed by atoms with van der Waals surface area (Å²) in [6.45, 7) is 5.95. The topological polar surface area (TPSA) is 125 Å². The van der Waals surface area contributed by atoms with Gasteiger partial charge in [0.2, 0.25) is 5.91 Å². The number of piperidine rings is 1. The molecule has 0 aliphatic carbocycles. The number of aromatic nitrogens is 2. The Kier molecular flexibility index (Phi) is 6.26. The van der Waals surface area contributed by atoms with Crippen molar-refractivity contribution < 1.29 is 19.2 Å². The van der Waals surface area contributed by atoms with Gasteiger partial charge in [0.15, 0.2) is 0 Å². The zero-order valence-corrected chi connectivity index (χ0v) is 20.6. The summed E-state index contributed by atoms with van der Waals surface area (Å²) >= 11 is 1.11. The summed E-state index contributed by atoms with van der Waals surface area (Å²) in [6, 6.07) is 3.68. The molecule has 0 saturated carbocycles. The van der Waals surface area contributed by atoms with Crippen molar-refractivity contribution in [1.82, 2.24) is 19.8 Å². The van der Waals surface area contributed by atoms with Crippen molar-refractivity contribution in [3.05, 3.63) is 33.8 Å². The van der Waals surface area contributed by atoms with Crippen LogP contribution in [0, 0.1) is 12.8 Å². The van der Waals surface area contributed by atoms with Crippen molar-refractivity contribution >= 4 is 46.5 Å². The highest BCUT2D eigenvalue weighted by molar-refractivity contribution is 7.07. The first-order valence-corrected chi connectivity index (χ1v) is 12.8. The van der Waals surface area contributed by atoms with Crippen LogP contribution >= 0.6 is 11.5 Å². The largest absolute Gasteiger partial charge is 0.348 e. The van der Waals surface area contributed by atoms with Gasteiger partial charge >= 0.3 is 11.8 Å². The van der Waals surface area contributed by atoms with Crippen molar-refractivity contribution in [3.8, 4) is 0 Å². The number of rotatable bonds is 4. The lowest BCUT2D eigenvalue weighted by Crippen LogP contribution is -2.43. The SMILES string of the molecule is Cc1nnsc1C(=O)N1CCC(CNC(=O)C(=O)Nc2cc3c4c(c2)C(C)C(=O)N4CCC3)CC1. The molecule has 2 aromatic rings. The molecular weight excluding hydrogens is 468 g/mol.